The smallest absolute Gasteiger partial charge is 0.311 e. The van der Waals surface area contributed by atoms with Crippen molar-refractivity contribution in [2.24, 2.45) is 4.99 Å². The number of rotatable bonds is 3. The number of benzene rings is 3. The van der Waals surface area contributed by atoms with E-state index in [-0.39, 0.29) is 5.56 Å². The largest absolute Gasteiger partial charge is 0.321 e. The molecule has 0 saturated heterocycles. The molecule has 4 rings (SSSR count). The van der Waals surface area contributed by atoms with Gasteiger partial charge >= 0.3 is 6.03 Å². The Bertz CT molecular complexity index is 1190. The van der Waals surface area contributed by atoms with Gasteiger partial charge in [0.1, 0.15) is 5.82 Å². The molecule has 7 heteroatoms. The van der Waals surface area contributed by atoms with Crippen LogP contribution in [0.3, 0.4) is 0 Å². The van der Waals surface area contributed by atoms with Crippen molar-refractivity contribution < 1.29 is 14.0 Å². The molecule has 0 bridgehead atoms. The molecule has 1 unspecified atom stereocenters. The Morgan fingerprint density at radius 1 is 1.00 bits per heavy atom. The van der Waals surface area contributed by atoms with Crippen LogP contribution < -0.4 is 15.5 Å². The Hall–Kier alpha value is -4.00. The Balaban J connectivity index is 1.72. The van der Waals surface area contributed by atoms with Crippen LogP contribution in [0.1, 0.15) is 16.7 Å². The third-order valence-electron chi connectivity index (χ3n) is 5.02. The summed E-state index contributed by atoms with van der Waals surface area (Å²) in [6.07, 6.45) is -1.23. The van der Waals surface area contributed by atoms with Crippen molar-refractivity contribution >= 4 is 29.0 Å². The lowest BCUT2D eigenvalue weighted by molar-refractivity contribution is -0.119. The minimum absolute atomic E-state index is 0.254. The average Bonchev–Trinajstić information content (AvgIpc) is 2.85. The van der Waals surface area contributed by atoms with E-state index < -0.39 is 23.9 Å². The fourth-order valence-electron chi connectivity index (χ4n) is 3.50. The van der Waals surface area contributed by atoms with E-state index in [4.69, 9.17) is 0 Å². The molecule has 156 valence electrons. The van der Waals surface area contributed by atoms with Gasteiger partial charge < -0.3 is 15.5 Å². The molecule has 0 saturated carbocycles. The SMILES string of the molecule is Cc1cccc(NC(=O)NC2N=C(c3ccccc3F)c3ccccc3N(C)C2=O)c1. The molecule has 0 fully saturated rings. The Morgan fingerprint density at radius 3 is 2.45 bits per heavy atom. The molecule has 3 aromatic rings. The predicted octanol–water partition coefficient (Wildman–Crippen LogP) is 4.10. The van der Waals surface area contributed by atoms with E-state index in [1.807, 2.05) is 25.1 Å². The molecule has 1 atom stereocenters. The summed E-state index contributed by atoms with van der Waals surface area (Å²) >= 11 is 0. The second-order valence-electron chi connectivity index (χ2n) is 7.24. The standard InChI is InChI=1S/C24H21FN4O2/c1-15-8-7-9-16(14-15)26-24(31)28-22-23(30)29(2)20-13-6-4-11-18(20)21(27-22)17-10-3-5-12-19(17)25/h3-14,22H,1-2H3,(H2,26,28,31). The van der Waals surface area contributed by atoms with Gasteiger partial charge in [-0.3, -0.25) is 4.79 Å². The van der Waals surface area contributed by atoms with Crippen molar-refractivity contribution in [3.63, 3.8) is 0 Å². The topological polar surface area (TPSA) is 73.8 Å². The number of carbonyl (C=O) groups is 2. The molecule has 1 heterocycles. The molecule has 1 aliphatic rings. The van der Waals surface area contributed by atoms with Crippen molar-refractivity contribution in [2.45, 2.75) is 13.1 Å². The van der Waals surface area contributed by atoms with Gasteiger partial charge in [0.05, 0.1) is 11.4 Å². The van der Waals surface area contributed by atoms with Gasteiger partial charge in [-0.25, -0.2) is 14.2 Å². The van der Waals surface area contributed by atoms with Gasteiger partial charge in [-0.15, -0.1) is 0 Å². The zero-order valence-corrected chi connectivity index (χ0v) is 17.1. The Morgan fingerprint density at radius 2 is 1.71 bits per heavy atom. The number of anilines is 2. The van der Waals surface area contributed by atoms with Gasteiger partial charge in [-0.05, 0) is 42.8 Å². The number of nitrogens with one attached hydrogen (secondary N) is 2. The molecule has 0 aliphatic carbocycles. The van der Waals surface area contributed by atoms with Crippen molar-refractivity contribution in [3.05, 3.63) is 95.3 Å². The van der Waals surface area contributed by atoms with Gasteiger partial charge in [0.15, 0.2) is 0 Å². The summed E-state index contributed by atoms with van der Waals surface area (Å²) < 4.78 is 14.6. The van der Waals surface area contributed by atoms with E-state index in [0.717, 1.165) is 5.56 Å². The second-order valence-corrected chi connectivity index (χ2v) is 7.24. The Labute approximate surface area is 179 Å². The van der Waals surface area contributed by atoms with E-state index in [0.29, 0.717) is 22.6 Å². The number of fused-ring (bicyclic) bond motifs is 1. The number of amides is 3. The summed E-state index contributed by atoms with van der Waals surface area (Å²) in [5.74, 6) is -0.894. The molecule has 0 spiro atoms. The summed E-state index contributed by atoms with van der Waals surface area (Å²) in [6, 6.07) is 20.1. The fraction of sp³-hybridized carbons (Fsp3) is 0.125. The number of para-hydroxylation sites is 1. The third kappa shape index (κ3) is 4.16. The van der Waals surface area contributed by atoms with Crippen LogP contribution in [0.15, 0.2) is 77.8 Å². The monoisotopic (exact) mass is 416 g/mol. The number of nitrogens with zero attached hydrogens (tertiary/aromatic N) is 2. The molecular formula is C24H21FN4O2. The maximum atomic E-state index is 14.6. The maximum Gasteiger partial charge on any atom is 0.321 e. The molecular weight excluding hydrogens is 395 g/mol. The minimum Gasteiger partial charge on any atom is -0.311 e. The lowest BCUT2D eigenvalue weighted by Crippen LogP contribution is -2.47. The van der Waals surface area contributed by atoms with Crippen molar-refractivity contribution in [1.29, 1.82) is 0 Å². The number of aliphatic imine (C=N–C) groups is 1. The summed E-state index contributed by atoms with van der Waals surface area (Å²) in [5.41, 5.74) is 3.31. The highest BCUT2D eigenvalue weighted by Gasteiger charge is 2.31. The number of likely N-dealkylation sites (N-methyl/N-ethyl adjacent to an activating group) is 1. The molecule has 6 nitrogen and oxygen atoms in total. The maximum absolute atomic E-state index is 14.6. The minimum atomic E-state index is -1.23. The summed E-state index contributed by atoms with van der Waals surface area (Å²) in [7, 11) is 1.61. The van der Waals surface area contributed by atoms with E-state index in [1.165, 1.54) is 11.0 Å². The first-order chi connectivity index (χ1) is 14.9. The normalized spacial score (nSPS) is 15.6. The number of hydrogen-bond acceptors (Lipinski definition) is 3. The number of benzodiazepines with no additional fused rings is 1. The number of urea groups is 1. The number of hydrogen-bond donors (Lipinski definition) is 2. The number of halogens is 1. The van der Waals surface area contributed by atoms with Crippen LogP contribution in [0.2, 0.25) is 0 Å². The van der Waals surface area contributed by atoms with Crippen molar-refractivity contribution in [3.8, 4) is 0 Å². The summed E-state index contributed by atoms with van der Waals surface area (Å²) in [5, 5.41) is 5.32. The van der Waals surface area contributed by atoms with Gasteiger partial charge in [-0.2, -0.15) is 0 Å². The molecule has 2 N–H and O–H groups in total. The van der Waals surface area contributed by atoms with Gasteiger partial charge in [0, 0.05) is 23.9 Å². The lowest BCUT2D eigenvalue weighted by Gasteiger charge is -2.21. The summed E-state index contributed by atoms with van der Waals surface area (Å²) in [4.78, 5) is 31.6. The van der Waals surface area contributed by atoms with Crippen LogP contribution in [0.25, 0.3) is 0 Å². The Kier molecular flexibility index (Phi) is 5.49. The summed E-state index contributed by atoms with van der Waals surface area (Å²) in [6.45, 7) is 1.91. The lowest BCUT2D eigenvalue weighted by atomic mass is 10.00. The van der Waals surface area contributed by atoms with Gasteiger partial charge in [0.25, 0.3) is 5.91 Å². The molecule has 31 heavy (non-hydrogen) atoms. The number of carbonyl (C=O) groups excluding carboxylic acids is 2. The van der Waals surface area contributed by atoms with Crippen LogP contribution >= 0.6 is 0 Å². The molecule has 3 aromatic carbocycles. The molecule has 3 amide bonds. The zero-order valence-electron chi connectivity index (χ0n) is 17.1. The third-order valence-corrected chi connectivity index (χ3v) is 5.02. The molecule has 0 radical (unpaired) electrons. The molecule has 0 aromatic heterocycles. The van der Waals surface area contributed by atoms with Crippen molar-refractivity contribution in [1.82, 2.24) is 5.32 Å². The quantitative estimate of drug-likeness (QED) is 0.675. The first-order valence-corrected chi connectivity index (χ1v) is 9.78. The fourth-order valence-corrected chi connectivity index (χ4v) is 3.50. The molecule has 1 aliphatic heterocycles. The van der Waals surface area contributed by atoms with Crippen LogP contribution in [0, 0.1) is 12.7 Å². The first kappa shape index (κ1) is 20.3. The van der Waals surface area contributed by atoms with E-state index >= 15 is 0 Å². The second kappa shape index (κ2) is 8.39. The van der Waals surface area contributed by atoms with Crippen LogP contribution in [-0.2, 0) is 4.79 Å². The van der Waals surface area contributed by atoms with E-state index in [9.17, 15) is 14.0 Å². The van der Waals surface area contributed by atoms with Gasteiger partial charge in [0.2, 0.25) is 6.17 Å². The van der Waals surface area contributed by atoms with Crippen LogP contribution in [-0.4, -0.2) is 30.9 Å². The number of aryl methyl sites for hydroxylation is 1. The van der Waals surface area contributed by atoms with Gasteiger partial charge in [-0.1, -0.05) is 42.5 Å². The zero-order chi connectivity index (χ0) is 22.0. The van der Waals surface area contributed by atoms with Crippen molar-refractivity contribution in [2.75, 3.05) is 17.3 Å². The predicted molar refractivity (Wildman–Crippen MR) is 119 cm³/mol. The highest BCUT2D eigenvalue weighted by molar-refractivity contribution is 6.20. The highest BCUT2D eigenvalue weighted by Crippen LogP contribution is 2.28. The highest BCUT2D eigenvalue weighted by atomic mass is 19.1. The van der Waals surface area contributed by atoms with Crippen LogP contribution in [0.4, 0.5) is 20.6 Å². The van der Waals surface area contributed by atoms with E-state index in [2.05, 4.69) is 15.6 Å². The van der Waals surface area contributed by atoms with Crippen LogP contribution in [0.5, 0.6) is 0 Å². The van der Waals surface area contributed by atoms with E-state index in [1.54, 1.807) is 55.6 Å². The average molecular weight is 416 g/mol. The first-order valence-electron chi connectivity index (χ1n) is 9.78.